The van der Waals surface area contributed by atoms with Gasteiger partial charge in [0, 0.05) is 17.6 Å². The second-order valence-electron chi connectivity index (χ2n) is 6.17. The van der Waals surface area contributed by atoms with E-state index in [4.69, 9.17) is 0 Å². The largest absolute Gasteiger partial charge is 0.335 e. The first-order valence-electron chi connectivity index (χ1n) is 7.85. The molecule has 0 bridgehead atoms. The maximum Gasteiger partial charge on any atom is 0.125 e. The van der Waals surface area contributed by atoms with Crippen molar-refractivity contribution in [2.45, 2.75) is 32.2 Å². The van der Waals surface area contributed by atoms with Crippen LogP contribution < -0.4 is 0 Å². The fraction of sp³-hybridized carbons (Fsp3) is 0.263. The molecule has 0 N–H and O–H groups in total. The average molecular weight is 305 g/mol. The smallest absolute Gasteiger partial charge is 0.125 e. The third-order valence-corrected chi connectivity index (χ3v) is 4.67. The predicted molar refractivity (Wildman–Crippen MR) is 87.5 cm³/mol. The van der Waals surface area contributed by atoms with Crippen LogP contribution in [0.25, 0.3) is 22.3 Å². The molecule has 1 aliphatic carbocycles. The van der Waals surface area contributed by atoms with Gasteiger partial charge in [-0.25, -0.2) is 4.39 Å². The van der Waals surface area contributed by atoms with Crippen LogP contribution in [0, 0.1) is 24.1 Å². The molecule has 114 valence electrons. The number of nitriles is 1. The van der Waals surface area contributed by atoms with Gasteiger partial charge >= 0.3 is 0 Å². The molecule has 1 aliphatic rings. The van der Waals surface area contributed by atoms with Crippen molar-refractivity contribution in [3.8, 4) is 17.5 Å². The molecule has 3 aromatic rings. The third kappa shape index (κ3) is 2.12. The molecular weight excluding hydrogens is 289 g/mol. The lowest BCUT2D eigenvalue weighted by molar-refractivity contribution is 0.323. The van der Waals surface area contributed by atoms with E-state index in [1.807, 2.05) is 19.1 Å². The zero-order valence-electron chi connectivity index (χ0n) is 12.9. The summed E-state index contributed by atoms with van der Waals surface area (Å²) in [5.74, 6) is -0.275. The van der Waals surface area contributed by atoms with Crippen LogP contribution in [0.5, 0.6) is 0 Å². The maximum atomic E-state index is 13.8. The molecule has 0 saturated heterocycles. The number of benzene rings is 1. The number of pyridine rings is 1. The highest BCUT2D eigenvalue weighted by Crippen LogP contribution is 2.42. The second-order valence-corrected chi connectivity index (χ2v) is 6.17. The number of rotatable bonds is 2. The van der Waals surface area contributed by atoms with Gasteiger partial charge in [-0.05, 0) is 56.0 Å². The van der Waals surface area contributed by atoms with Crippen molar-refractivity contribution < 1.29 is 4.39 Å². The van der Waals surface area contributed by atoms with Crippen molar-refractivity contribution in [2.75, 3.05) is 0 Å². The van der Waals surface area contributed by atoms with Gasteiger partial charge in [0.1, 0.15) is 11.9 Å². The standard InChI is InChI=1S/C19H16FN3/c1-12-5-8-17(22-11-12)19-16(10-21)15-7-6-13(20)9-18(15)23(19)14-3-2-4-14/h5-9,11,14H,2-4H2,1H3. The number of hydrogen-bond donors (Lipinski definition) is 0. The molecule has 1 saturated carbocycles. The normalized spacial score (nSPS) is 14.7. The van der Waals surface area contributed by atoms with E-state index >= 15 is 0 Å². The van der Waals surface area contributed by atoms with Crippen molar-refractivity contribution in [1.82, 2.24) is 9.55 Å². The summed E-state index contributed by atoms with van der Waals surface area (Å²) >= 11 is 0. The molecule has 1 fully saturated rings. The second kappa shape index (κ2) is 5.20. The lowest BCUT2D eigenvalue weighted by Crippen LogP contribution is -2.18. The fourth-order valence-corrected chi connectivity index (χ4v) is 3.28. The number of fused-ring (bicyclic) bond motifs is 1. The number of nitrogens with zero attached hydrogens (tertiary/aromatic N) is 3. The first-order valence-corrected chi connectivity index (χ1v) is 7.85. The van der Waals surface area contributed by atoms with E-state index in [0.29, 0.717) is 11.6 Å². The third-order valence-electron chi connectivity index (χ3n) is 4.67. The van der Waals surface area contributed by atoms with Gasteiger partial charge in [0.15, 0.2) is 0 Å². The molecular formula is C19H16FN3. The molecule has 0 spiro atoms. The number of aryl methyl sites for hydroxylation is 1. The molecule has 0 radical (unpaired) electrons. The van der Waals surface area contributed by atoms with Gasteiger partial charge < -0.3 is 4.57 Å². The predicted octanol–water partition coefficient (Wildman–Crippen LogP) is 4.75. The molecule has 4 heteroatoms. The average Bonchev–Trinajstić information content (AvgIpc) is 2.80. The van der Waals surface area contributed by atoms with Crippen LogP contribution in [0.3, 0.4) is 0 Å². The minimum atomic E-state index is -0.275. The Labute approximate surface area is 134 Å². The van der Waals surface area contributed by atoms with Gasteiger partial charge in [0.05, 0.1) is 22.5 Å². The van der Waals surface area contributed by atoms with Crippen LogP contribution in [-0.2, 0) is 0 Å². The monoisotopic (exact) mass is 305 g/mol. The van der Waals surface area contributed by atoms with E-state index in [9.17, 15) is 9.65 Å². The molecule has 2 aromatic heterocycles. The molecule has 2 heterocycles. The van der Waals surface area contributed by atoms with Gasteiger partial charge in [-0.15, -0.1) is 0 Å². The maximum absolute atomic E-state index is 13.8. The Hall–Kier alpha value is -2.67. The minimum absolute atomic E-state index is 0.275. The Morgan fingerprint density at radius 2 is 2.09 bits per heavy atom. The van der Waals surface area contributed by atoms with Crippen LogP contribution in [0.2, 0.25) is 0 Å². The summed E-state index contributed by atoms with van der Waals surface area (Å²) in [6.07, 6.45) is 5.09. The SMILES string of the molecule is Cc1ccc(-c2c(C#N)c3ccc(F)cc3n2C2CCC2)nc1. The Morgan fingerprint density at radius 1 is 1.26 bits per heavy atom. The first-order chi connectivity index (χ1) is 11.2. The Kier molecular flexibility index (Phi) is 3.16. The summed E-state index contributed by atoms with van der Waals surface area (Å²) in [5, 5.41) is 10.5. The highest BCUT2D eigenvalue weighted by Gasteiger charge is 2.28. The highest BCUT2D eigenvalue weighted by molar-refractivity contribution is 5.94. The van der Waals surface area contributed by atoms with Crippen LogP contribution in [0.15, 0.2) is 36.5 Å². The van der Waals surface area contributed by atoms with E-state index in [-0.39, 0.29) is 5.82 Å². The van der Waals surface area contributed by atoms with Gasteiger partial charge in [-0.1, -0.05) is 6.07 Å². The number of aromatic nitrogens is 2. The lowest BCUT2D eigenvalue weighted by Gasteiger charge is -2.30. The molecule has 0 amide bonds. The summed E-state index contributed by atoms with van der Waals surface area (Å²) < 4.78 is 15.9. The summed E-state index contributed by atoms with van der Waals surface area (Å²) in [4.78, 5) is 4.51. The van der Waals surface area contributed by atoms with Crippen molar-refractivity contribution in [1.29, 1.82) is 5.26 Å². The Morgan fingerprint density at radius 3 is 2.70 bits per heavy atom. The number of halogens is 1. The van der Waals surface area contributed by atoms with Gasteiger partial charge in [-0.3, -0.25) is 4.98 Å². The van der Waals surface area contributed by atoms with Gasteiger partial charge in [0.2, 0.25) is 0 Å². The Balaban J connectivity index is 2.08. The number of hydrogen-bond acceptors (Lipinski definition) is 2. The summed E-state index contributed by atoms with van der Waals surface area (Å²) in [5.41, 5.74) is 4.05. The van der Waals surface area contributed by atoms with Crippen LogP contribution in [0.4, 0.5) is 4.39 Å². The van der Waals surface area contributed by atoms with E-state index < -0.39 is 0 Å². The summed E-state index contributed by atoms with van der Waals surface area (Å²) in [7, 11) is 0. The van der Waals surface area contributed by atoms with Crippen molar-refractivity contribution >= 4 is 10.9 Å². The van der Waals surface area contributed by atoms with Crippen LogP contribution in [-0.4, -0.2) is 9.55 Å². The van der Waals surface area contributed by atoms with E-state index in [0.717, 1.165) is 40.7 Å². The zero-order chi connectivity index (χ0) is 16.0. The van der Waals surface area contributed by atoms with E-state index in [1.165, 1.54) is 18.6 Å². The lowest BCUT2D eigenvalue weighted by atomic mass is 9.92. The zero-order valence-corrected chi connectivity index (χ0v) is 12.9. The summed E-state index contributed by atoms with van der Waals surface area (Å²) in [6.45, 7) is 1.98. The van der Waals surface area contributed by atoms with Crippen molar-refractivity contribution in [2.24, 2.45) is 0 Å². The van der Waals surface area contributed by atoms with E-state index in [1.54, 1.807) is 12.3 Å². The topological polar surface area (TPSA) is 41.6 Å². The van der Waals surface area contributed by atoms with Crippen LogP contribution >= 0.6 is 0 Å². The molecule has 4 rings (SSSR count). The molecule has 0 aliphatic heterocycles. The van der Waals surface area contributed by atoms with Gasteiger partial charge in [-0.2, -0.15) is 5.26 Å². The highest BCUT2D eigenvalue weighted by atomic mass is 19.1. The van der Waals surface area contributed by atoms with Gasteiger partial charge in [0.25, 0.3) is 0 Å². The molecule has 0 unspecified atom stereocenters. The van der Waals surface area contributed by atoms with Crippen LogP contribution in [0.1, 0.15) is 36.4 Å². The quantitative estimate of drug-likeness (QED) is 0.685. The van der Waals surface area contributed by atoms with Crippen molar-refractivity contribution in [3.63, 3.8) is 0 Å². The summed E-state index contributed by atoms with van der Waals surface area (Å²) in [6, 6.07) is 11.2. The minimum Gasteiger partial charge on any atom is -0.335 e. The van der Waals surface area contributed by atoms with Crippen molar-refractivity contribution in [3.05, 3.63) is 53.5 Å². The fourth-order valence-electron chi connectivity index (χ4n) is 3.28. The van der Waals surface area contributed by atoms with E-state index in [2.05, 4.69) is 15.6 Å². The molecule has 3 nitrogen and oxygen atoms in total. The molecule has 23 heavy (non-hydrogen) atoms. The molecule has 1 aromatic carbocycles. The Bertz CT molecular complexity index is 928. The first kappa shape index (κ1) is 14.0. The molecule has 0 atom stereocenters.